The number of halogens is 6. The number of fused-ring (bicyclic) bond motifs is 3. The van der Waals surface area contributed by atoms with Gasteiger partial charge in [0.2, 0.25) is 32.7 Å². The van der Waals surface area contributed by atoms with Gasteiger partial charge in [0.25, 0.3) is 5.92 Å². The van der Waals surface area contributed by atoms with E-state index in [1.165, 1.54) is 20.8 Å². The predicted octanol–water partition coefficient (Wildman–Crippen LogP) is 1.96. The second-order valence-electron chi connectivity index (χ2n) is 12.1. The third kappa shape index (κ3) is 7.37. The summed E-state index contributed by atoms with van der Waals surface area (Å²) in [5, 5.41) is 4.81. The zero-order valence-corrected chi connectivity index (χ0v) is 24.2. The molecule has 42 heavy (non-hydrogen) atoms. The fourth-order valence-corrected chi connectivity index (χ4v) is 6.14. The molecule has 3 saturated heterocycles. The Bertz CT molecular complexity index is 1250. The van der Waals surface area contributed by atoms with E-state index < -0.39 is 98.6 Å². The van der Waals surface area contributed by atoms with Crippen molar-refractivity contribution in [1.29, 1.82) is 0 Å². The van der Waals surface area contributed by atoms with E-state index in [0.717, 1.165) is 4.90 Å². The lowest BCUT2D eigenvalue weighted by atomic mass is 9.70. The van der Waals surface area contributed by atoms with E-state index in [-0.39, 0.29) is 32.2 Å². The average molecular weight is 633 g/mol. The van der Waals surface area contributed by atoms with Crippen molar-refractivity contribution >= 4 is 33.5 Å². The summed E-state index contributed by atoms with van der Waals surface area (Å²) in [5.41, 5.74) is -1.35. The molecule has 0 radical (unpaired) electrons. The van der Waals surface area contributed by atoms with Gasteiger partial charge in [0.1, 0.15) is 12.1 Å². The van der Waals surface area contributed by atoms with Crippen molar-refractivity contribution in [2.75, 3.05) is 12.8 Å². The number of carbonyl (C=O) groups is 4. The van der Waals surface area contributed by atoms with E-state index in [1.54, 1.807) is 5.32 Å². The highest BCUT2D eigenvalue weighted by molar-refractivity contribution is 7.94. The van der Waals surface area contributed by atoms with Gasteiger partial charge in [-0.25, -0.2) is 17.2 Å². The van der Waals surface area contributed by atoms with Crippen LogP contribution in [0.3, 0.4) is 0 Å². The number of nitrogens with one attached hydrogen (secondary N) is 3. The Hall–Kier alpha value is -2.85. The smallest absolute Gasteiger partial charge is 0.356 e. The van der Waals surface area contributed by atoms with Gasteiger partial charge in [0, 0.05) is 31.2 Å². The third-order valence-electron chi connectivity index (χ3n) is 7.82. The first-order valence-corrected chi connectivity index (χ1v) is 15.2. The lowest BCUT2D eigenvalue weighted by Crippen LogP contribution is -2.71. The Balaban J connectivity index is 2.00. The monoisotopic (exact) mass is 632 g/mol. The van der Waals surface area contributed by atoms with Crippen LogP contribution in [-0.4, -0.2) is 86.0 Å². The number of amides is 4. The van der Waals surface area contributed by atoms with Gasteiger partial charge in [-0.05, 0) is 37.2 Å². The van der Waals surface area contributed by atoms with Crippen molar-refractivity contribution in [3.8, 4) is 0 Å². The minimum Gasteiger partial charge on any atom is -0.356 e. The first kappa shape index (κ1) is 33.6. The summed E-state index contributed by atoms with van der Waals surface area (Å²) < 4.78 is 107. The van der Waals surface area contributed by atoms with Gasteiger partial charge >= 0.3 is 12.1 Å². The molecule has 3 heterocycles. The fraction of sp³-hybridized carbons (Fsp3) is 0.760. The molecule has 0 spiro atoms. The molecule has 2 bridgehead atoms. The lowest BCUT2D eigenvalue weighted by molar-refractivity contribution is -0.197. The maximum Gasteiger partial charge on any atom is 0.471 e. The van der Waals surface area contributed by atoms with Crippen molar-refractivity contribution in [1.82, 2.24) is 20.9 Å². The minimum atomic E-state index is -5.36. The Morgan fingerprint density at radius 1 is 1.12 bits per heavy atom. The van der Waals surface area contributed by atoms with Gasteiger partial charge in [-0.15, -0.1) is 0 Å². The molecular weight excluding hydrogens is 598 g/mol. The van der Waals surface area contributed by atoms with Crippen LogP contribution < -0.4 is 16.0 Å². The number of hydrogen-bond donors (Lipinski definition) is 3. The molecule has 10 nitrogen and oxygen atoms in total. The van der Waals surface area contributed by atoms with Crippen LogP contribution in [-0.2, 0) is 29.0 Å². The number of sulfone groups is 1. The second kappa shape index (κ2) is 11.7. The van der Waals surface area contributed by atoms with Crippen LogP contribution in [0.1, 0.15) is 52.9 Å². The number of alkyl halides is 5. The summed E-state index contributed by atoms with van der Waals surface area (Å²) in [5.74, 6) is -11.3. The molecule has 1 saturated carbocycles. The maximum absolute atomic E-state index is 15.1. The van der Waals surface area contributed by atoms with Gasteiger partial charge in [0.15, 0.2) is 0 Å². The summed E-state index contributed by atoms with van der Waals surface area (Å²) in [6.07, 6.45) is -5.38. The number of nitrogens with zero attached hydrogens (tertiary/aromatic N) is 1. The van der Waals surface area contributed by atoms with E-state index in [9.17, 15) is 45.2 Å². The van der Waals surface area contributed by atoms with Gasteiger partial charge in [0.05, 0.1) is 12.0 Å². The topological polar surface area (TPSA) is 142 Å². The van der Waals surface area contributed by atoms with Crippen LogP contribution in [0.2, 0.25) is 0 Å². The van der Waals surface area contributed by atoms with E-state index >= 15 is 8.78 Å². The van der Waals surface area contributed by atoms with Crippen molar-refractivity contribution in [3.63, 3.8) is 0 Å². The molecule has 3 N–H and O–H groups in total. The van der Waals surface area contributed by atoms with E-state index in [4.69, 9.17) is 0 Å². The molecular formula is C25H34F6N4O6S. The number of piperidine rings is 2. The SMILES string of the molecule is CC(C)(C)[C@H](NC(=O)C(F)(F)F)C(=O)N1[C@@H]2CC[C@H]([C@H]1C(=O)N[C@H](/C=C(/F)S(C)(=O)=O)C[C@@H]1CCNC1=O)C(F)(F)C2. The van der Waals surface area contributed by atoms with Crippen molar-refractivity contribution in [2.45, 2.75) is 89.1 Å². The lowest BCUT2D eigenvalue weighted by Gasteiger charge is -2.55. The molecule has 0 aromatic rings. The highest BCUT2D eigenvalue weighted by atomic mass is 32.2. The maximum atomic E-state index is 15.1. The largest absolute Gasteiger partial charge is 0.471 e. The minimum absolute atomic E-state index is 0.00808. The molecule has 0 aromatic carbocycles. The Morgan fingerprint density at radius 3 is 2.21 bits per heavy atom. The molecule has 6 atom stereocenters. The van der Waals surface area contributed by atoms with Gasteiger partial charge in [-0.1, -0.05) is 20.8 Å². The third-order valence-corrected chi connectivity index (χ3v) is 8.66. The summed E-state index contributed by atoms with van der Waals surface area (Å²) in [4.78, 5) is 52.0. The fourth-order valence-electron chi connectivity index (χ4n) is 5.73. The van der Waals surface area contributed by atoms with Crippen LogP contribution in [0.25, 0.3) is 0 Å². The Labute approximate surface area is 238 Å². The van der Waals surface area contributed by atoms with Crippen molar-refractivity contribution in [3.05, 3.63) is 11.2 Å². The van der Waals surface area contributed by atoms with Crippen LogP contribution in [0.5, 0.6) is 0 Å². The summed E-state index contributed by atoms with van der Waals surface area (Å²) in [6, 6.07) is -6.56. The average Bonchev–Trinajstić information content (AvgIpc) is 3.22. The van der Waals surface area contributed by atoms with Gasteiger partial charge in [-0.3, -0.25) is 19.2 Å². The molecule has 0 aromatic heterocycles. The van der Waals surface area contributed by atoms with Crippen molar-refractivity contribution < 1.29 is 53.9 Å². The summed E-state index contributed by atoms with van der Waals surface area (Å²) >= 11 is 0. The standard InChI is InChI=1S/C25H34F6N4O6S/c1-23(2,3)18(34-22(39)25(29,30)31)21(38)35-14-5-6-15(24(27,28)11-14)17(35)20(37)33-13(10-16(26)42(4,40)41)9-12-7-8-32-19(12)36/h10,12-15,17-18H,5-9,11H2,1-4H3,(H,32,36)(H,33,37)(H,34,39)/b16-10-/t12-,13-,14+,15+,17-,18+/m0/s1. The molecule has 17 heteroatoms. The van der Waals surface area contributed by atoms with E-state index in [1.807, 2.05) is 0 Å². The zero-order valence-electron chi connectivity index (χ0n) is 23.4. The molecule has 4 fully saturated rings. The van der Waals surface area contributed by atoms with Crippen molar-refractivity contribution in [2.24, 2.45) is 17.3 Å². The first-order valence-electron chi connectivity index (χ1n) is 13.3. The molecule has 4 aliphatic rings. The van der Waals surface area contributed by atoms with Crippen LogP contribution >= 0.6 is 0 Å². The van der Waals surface area contributed by atoms with E-state index in [0.29, 0.717) is 12.3 Å². The molecule has 4 amide bonds. The first-order chi connectivity index (χ1) is 19.0. The molecule has 238 valence electrons. The Morgan fingerprint density at radius 2 is 1.74 bits per heavy atom. The Kier molecular flexibility index (Phi) is 9.36. The molecule has 4 rings (SSSR count). The molecule has 3 aliphatic heterocycles. The van der Waals surface area contributed by atoms with Gasteiger partial charge in [-0.2, -0.15) is 17.6 Å². The summed E-state index contributed by atoms with van der Waals surface area (Å²) in [7, 11) is -4.38. The second-order valence-corrected chi connectivity index (χ2v) is 14.1. The number of hydrogen-bond acceptors (Lipinski definition) is 6. The van der Waals surface area contributed by atoms with E-state index in [2.05, 4.69) is 10.6 Å². The number of rotatable bonds is 8. The van der Waals surface area contributed by atoms with Crippen LogP contribution in [0, 0.1) is 17.3 Å². The summed E-state index contributed by atoms with van der Waals surface area (Å²) in [6.45, 7) is 4.31. The highest BCUT2D eigenvalue weighted by Crippen LogP contribution is 2.49. The van der Waals surface area contributed by atoms with Gasteiger partial charge < -0.3 is 20.9 Å². The van der Waals surface area contributed by atoms with Crippen LogP contribution in [0.15, 0.2) is 11.2 Å². The normalized spacial score (nSPS) is 27.7. The molecule has 0 unspecified atom stereocenters. The zero-order chi connectivity index (χ0) is 32.0. The molecule has 1 aliphatic carbocycles. The highest BCUT2D eigenvalue weighted by Gasteiger charge is 2.61. The number of carbonyl (C=O) groups excluding carboxylic acids is 4. The quantitative estimate of drug-likeness (QED) is 0.350. The predicted molar refractivity (Wildman–Crippen MR) is 136 cm³/mol. The van der Waals surface area contributed by atoms with Crippen LogP contribution in [0.4, 0.5) is 26.3 Å².